The number of rotatable bonds is 6. The maximum Gasteiger partial charge on any atom is 0.137 e. The molecule has 1 aromatic rings. The van der Waals surface area contributed by atoms with Gasteiger partial charge in [-0.1, -0.05) is 27.7 Å². The van der Waals surface area contributed by atoms with Crippen LogP contribution in [0, 0.1) is 12.8 Å². The van der Waals surface area contributed by atoms with Gasteiger partial charge in [-0.2, -0.15) is 0 Å². The van der Waals surface area contributed by atoms with E-state index in [0.717, 1.165) is 30.8 Å². The third-order valence-electron chi connectivity index (χ3n) is 3.31. The molecule has 0 spiro atoms. The smallest absolute Gasteiger partial charge is 0.137 e. The SMILES string of the molecule is CCC(CC)N(CC(C)C)c1ncnc(N)c1C. The second kappa shape index (κ2) is 6.57. The van der Waals surface area contributed by atoms with Crippen LogP contribution in [0.4, 0.5) is 11.6 Å². The van der Waals surface area contributed by atoms with Gasteiger partial charge in [0, 0.05) is 18.2 Å². The van der Waals surface area contributed by atoms with E-state index in [9.17, 15) is 0 Å². The van der Waals surface area contributed by atoms with Crippen LogP contribution in [0.2, 0.25) is 0 Å². The average Bonchev–Trinajstić information content (AvgIpc) is 2.32. The number of hydrogen-bond donors (Lipinski definition) is 1. The highest BCUT2D eigenvalue weighted by molar-refractivity contribution is 5.56. The lowest BCUT2D eigenvalue weighted by Gasteiger charge is -2.34. The highest BCUT2D eigenvalue weighted by Gasteiger charge is 2.20. The van der Waals surface area contributed by atoms with Gasteiger partial charge >= 0.3 is 0 Å². The summed E-state index contributed by atoms with van der Waals surface area (Å²) in [5, 5.41) is 0. The van der Waals surface area contributed by atoms with Crippen molar-refractivity contribution in [2.24, 2.45) is 5.92 Å². The lowest BCUT2D eigenvalue weighted by atomic mass is 10.1. The molecule has 0 aliphatic rings. The minimum Gasteiger partial charge on any atom is -0.383 e. The lowest BCUT2D eigenvalue weighted by Crippen LogP contribution is -2.38. The summed E-state index contributed by atoms with van der Waals surface area (Å²) in [7, 11) is 0. The molecule has 0 fully saturated rings. The molecule has 1 aromatic heterocycles. The molecule has 18 heavy (non-hydrogen) atoms. The summed E-state index contributed by atoms with van der Waals surface area (Å²) in [4.78, 5) is 10.9. The summed E-state index contributed by atoms with van der Waals surface area (Å²) in [5.74, 6) is 2.17. The number of hydrogen-bond acceptors (Lipinski definition) is 4. The third-order valence-corrected chi connectivity index (χ3v) is 3.31. The Bertz CT molecular complexity index is 372. The van der Waals surface area contributed by atoms with Gasteiger partial charge in [0.15, 0.2) is 0 Å². The molecule has 0 radical (unpaired) electrons. The molecule has 0 atom stereocenters. The van der Waals surface area contributed by atoms with Gasteiger partial charge in [-0.05, 0) is 25.7 Å². The van der Waals surface area contributed by atoms with Gasteiger partial charge in [-0.25, -0.2) is 9.97 Å². The molecule has 0 aromatic carbocycles. The average molecular weight is 250 g/mol. The van der Waals surface area contributed by atoms with Crippen molar-refractivity contribution in [3.63, 3.8) is 0 Å². The Balaban J connectivity index is 3.12. The number of nitrogens with zero attached hydrogens (tertiary/aromatic N) is 3. The Labute approximate surface area is 111 Å². The fourth-order valence-electron chi connectivity index (χ4n) is 2.27. The van der Waals surface area contributed by atoms with E-state index in [4.69, 9.17) is 5.73 Å². The second-order valence-corrected chi connectivity index (χ2v) is 5.22. The Hall–Kier alpha value is -1.32. The Morgan fingerprint density at radius 2 is 1.83 bits per heavy atom. The summed E-state index contributed by atoms with van der Waals surface area (Å²) in [6.45, 7) is 11.9. The Morgan fingerprint density at radius 1 is 1.22 bits per heavy atom. The van der Waals surface area contributed by atoms with E-state index in [-0.39, 0.29) is 0 Å². The zero-order valence-corrected chi connectivity index (χ0v) is 12.3. The topological polar surface area (TPSA) is 55.0 Å². The fraction of sp³-hybridized carbons (Fsp3) is 0.714. The number of aromatic nitrogens is 2. The monoisotopic (exact) mass is 250 g/mol. The van der Waals surface area contributed by atoms with Crippen molar-refractivity contribution < 1.29 is 0 Å². The van der Waals surface area contributed by atoms with Crippen LogP contribution in [0.5, 0.6) is 0 Å². The van der Waals surface area contributed by atoms with Gasteiger partial charge in [0.1, 0.15) is 18.0 Å². The first-order chi connectivity index (χ1) is 8.51. The lowest BCUT2D eigenvalue weighted by molar-refractivity contribution is 0.502. The van der Waals surface area contributed by atoms with E-state index in [1.165, 1.54) is 0 Å². The number of nitrogen functional groups attached to an aromatic ring is 1. The molecule has 102 valence electrons. The molecule has 4 nitrogen and oxygen atoms in total. The zero-order chi connectivity index (χ0) is 13.7. The quantitative estimate of drug-likeness (QED) is 0.843. The molecule has 0 saturated carbocycles. The van der Waals surface area contributed by atoms with Crippen LogP contribution in [0.1, 0.15) is 46.1 Å². The zero-order valence-electron chi connectivity index (χ0n) is 12.3. The third kappa shape index (κ3) is 3.34. The van der Waals surface area contributed by atoms with Crippen LogP contribution in [-0.2, 0) is 0 Å². The molecule has 0 aliphatic heterocycles. The molecule has 1 heterocycles. The van der Waals surface area contributed by atoms with Crippen LogP contribution >= 0.6 is 0 Å². The van der Waals surface area contributed by atoms with E-state index in [1.807, 2.05) is 6.92 Å². The fourth-order valence-corrected chi connectivity index (χ4v) is 2.27. The summed E-state index contributed by atoms with van der Waals surface area (Å²) >= 11 is 0. The van der Waals surface area contributed by atoms with Gasteiger partial charge in [-0.3, -0.25) is 0 Å². The summed E-state index contributed by atoms with van der Waals surface area (Å²) in [6.07, 6.45) is 3.80. The second-order valence-electron chi connectivity index (χ2n) is 5.22. The molecule has 0 saturated heterocycles. The van der Waals surface area contributed by atoms with E-state index >= 15 is 0 Å². The molecule has 0 bridgehead atoms. The van der Waals surface area contributed by atoms with Crippen molar-refractivity contribution in [3.8, 4) is 0 Å². The highest BCUT2D eigenvalue weighted by atomic mass is 15.2. The van der Waals surface area contributed by atoms with Crippen molar-refractivity contribution in [2.75, 3.05) is 17.2 Å². The van der Waals surface area contributed by atoms with Crippen molar-refractivity contribution >= 4 is 11.6 Å². The van der Waals surface area contributed by atoms with E-state index in [1.54, 1.807) is 6.33 Å². The Kier molecular flexibility index (Phi) is 5.38. The maximum atomic E-state index is 5.89. The number of nitrogens with two attached hydrogens (primary N) is 1. The first-order valence-electron chi connectivity index (χ1n) is 6.84. The minimum atomic E-state index is 0.514. The summed E-state index contributed by atoms with van der Waals surface area (Å²) in [5.41, 5.74) is 6.89. The van der Waals surface area contributed by atoms with E-state index in [2.05, 4.69) is 42.6 Å². The van der Waals surface area contributed by atoms with Gasteiger partial charge in [-0.15, -0.1) is 0 Å². The van der Waals surface area contributed by atoms with Crippen molar-refractivity contribution in [1.29, 1.82) is 0 Å². The van der Waals surface area contributed by atoms with Crippen LogP contribution < -0.4 is 10.6 Å². The van der Waals surface area contributed by atoms with E-state index < -0.39 is 0 Å². The van der Waals surface area contributed by atoms with Crippen molar-refractivity contribution in [2.45, 2.75) is 53.5 Å². The van der Waals surface area contributed by atoms with Crippen LogP contribution in [0.15, 0.2) is 6.33 Å². The Morgan fingerprint density at radius 3 is 2.33 bits per heavy atom. The molecular weight excluding hydrogens is 224 g/mol. The molecule has 2 N–H and O–H groups in total. The van der Waals surface area contributed by atoms with Crippen LogP contribution in [0.3, 0.4) is 0 Å². The van der Waals surface area contributed by atoms with Crippen molar-refractivity contribution in [1.82, 2.24) is 9.97 Å². The standard InChI is InChI=1S/C14H26N4/c1-6-12(7-2)18(8-10(3)4)14-11(5)13(15)16-9-17-14/h9-10,12H,6-8H2,1-5H3,(H2,15,16,17). The number of anilines is 2. The summed E-state index contributed by atoms with van der Waals surface area (Å²) < 4.78 is 0. The first kappa shape index (κ1) is 14.7. The molecule has 1 rings (SSSR count). The minimum absolute atomic E-state index is 0.514. The molecule has 0 aliphatic carbocycles. The van der Waals surface area contributed by atoms with E-state index in [0.29, 0.717) is 17.8 Å². The first-order valence-corrected chi connectivity index (χ1v) is 6.84. The van der Waals surface area contributed by atoms with Gasteiger partial charge in [0.05, 0.1) is 0 Å². The predicted octanol–water partition coefficient (Wildman–Crippen LogP) is 3.02. The molecule has 4 heteroatoms. The molecule has 0 amide bonds. The molecular formula is C14H26N4. The van der Waals surface area contributed by atoms with Crippen LogP contribution in [0.25, 0.3) is 0 Å². The van der Waals surface area contributed by atoms with Crippen molar-refractivity contribution in [3.05, 3.63) is 11.9 Å². The summed E-state index contributed by atoms with van der Waals surface area (Å²) in [6, 6.07) is 0.514. The van der Waals surface area contributed by atoms with Gasteiger partial charge in [0.2, 0.25) is 0 Å². The van der Waals surface area contributed by atoms with Crippen LogP contribution in [-0.4, -0.2) is 22.6 Å². The maximum absolute atomic E-state index is 5.89. The van der Waals surface area contributed by atoms with Gasteiger partial charge in [0.25, 0.3) is 0 Å². The van der Waals surface area contributed by atoms with Gasteiger partial charge < -0.3 is 10.6 Å². The normalized spacial score (nSPS) is 11.3. The predicted molar refractivity (Wildman–Crippen MR) is 77.7 cm³/mol. The highest BCUT2D eigenvalue weighted by Crippen LogP contribution is 2.25. The molecule has 0 unspecified atom stereocenters. The largest absolute Gasteiger partial charge is 0.383 e.